The van der Waals surface area contributed by atoms with E-state index in [1.807, 2.05) is 79.8 Å². The summed E-state index contributed by atoms with van der Waals surface area (Å²) < 4.78 is 0. The number of thiol groups is 1. The molecule has 0 aliphatic rings. The third-order valence-electron chi connectivity index (χ3n) is 4.84. The quantitative estimate of drug-likeness (QED) is 0.0777. The highest BCUT2D eigenvalue weighted by atomic mass is 32.1. The van der Waals surface area contributed by atoms with Crippen LogP contribution in [-0.4, -0.2) is 10.9 Å². The van der Waals surface area contributed by atoms with E-state index in [1.165, 1.54) is 11.1 Å². The van der Waals surface area contributed by atoms with Gasteiger partial charge in [0.2, 0.25) is 5.96 Å². The van der Waals surface area contributed by atoms with E-state index >= 15 is 0 Å². The van der Waals surface area contributed by atoms with Gasteiger partial charge in [0.25, 0.3) is 0 Å². The average molecular weight is 467 g/mol. The van der Waals surface area contributed by atoms with E-state index in [1.54, 1.807) is 12.4 Å². The van der Waals surface area contributed by atoms with Crippen molar-refractivity contribution in [1.29, 1.82) is 5.26 Å². The minimum atomic E-state index is 0.392. The third kappa shape index (κ3) is 7.40. The van der Waals surface area contributed by atoms with Crippen LogP contribution in [-0.2, 0) is 6.54 Å². The molecule has 0 unspecified atom stereocenters. The highest BCUT2D eigenvalue weighted by Gasteiger charge is 2.02. The smallest absolute Gasteiger partial charge is 0.209 e. The van der Waals surface area contributed by atoms with E-state index in [-0.39, 0.29) is 0 Å². The molecule has 0 saturated heterocycles. The molecule has 0 saturated carbocycles. The molecule has 34 heavy (non-hydrogen) atoms. The molecule has 0 aliphatic heterocycles. The van der Waals surface area contributed by atoms with E-state index in [0.29, 0.717) is 18.2 Å². The van der Waals surface area contributed by atoms with Crippen LogP contribution < -0.4 is 16.4 Å². The largest absolute Gasteiger partial charge is 0.399 e. The van der Waals surface area contributed by atoms with Crippen LogP contribution in [0.1, 0.15) is 11.1 Å². The van der Waals surface area contributed by atoms with Crippen LogP contribution in [0, 0.1) is 18.4 Å². The molecule has 0 amide bonds. The number of rotatable bonds is 4. The summed E-state index contributed by atoms with van der Waals surface area (Å²) in [6, 6.07) is 27.7. The van der Waals surface area contributed by atoms with Gasteiger partial charge in [0.1, 0.15) is 0 Å². The first-order valence-electron chi connectivity index (χ1n) is 10.6. The lowest BCUT2D eigenvalue weighted by Gasteiger charge is -2.10. The number of anilines is 2. The van der Waals surface area contributed by atoms with Crippen molar-refractivity contribution in [3.63, 3.8) is 0 Å². The molecule has 0 atom stereocenters. The Labute approximate surface area is 205 Å². The van der Waals surface area contributed by atoms with Gasteiger partial charge in [0.15, 0.2) is 6.19 Å². The summed E-state index contributed by atoms with van der Waals surface area (Å²) in [6.07, 6.45) is 5.30. The number of nitriles is 1. The minimum Gasteiger partial charge on any atom is -0.399 e. The Balaban J connectivity index is 0.000000212. The zero-order valence-corrected chi connectivity index (χ0v) is 19.7. The molecular weight excluding hydrogens is 440 g/mol. The van der Waals surface area contributed by atoms with Crippen molar-refractivity contribution in [2.45, 2.75) is 18.4 Å². The fourth-order valence-corrected chi connectivity index (χ4v) is 3.32. The molecule has 4 aromatic rings. The maximum Gasteiger partial charge on any atom is 0.209 e. The van der Waals surface area contributed by atoms with Gasteiger partial charge in [0, 0.05) is 28.7 Å². The number of nitrogens with two attached hydrogens (primary N) is 1. The number of benzene rings is 3. The predicted molar refractivity (Wildman–Crippen MR) is 142 cm³/mol. The van der Waals surface area contributed by atoms with Crippen LogP contribution in [0.15, 0.2) is 107 Å². The standard InChI is InChI=1S/C15H16N6.C12H10S/c1-11-8-18-7-6-14(11)21-15(20-10-16)19-9-12-2-4-13(17)5-3-12;13-12-9-5-4-8-11(12)10-6-2-1-3-7-10/h2-8H,9,17H2,1H3,(H2,18,19,20,21);1-9,13H. The SMILES string of the molecule is Cc1cnccc1NC(=NCc1ccc(N)cc1)NC#N.Sc1ccccc1-c1ccccc1. The van der Waals surface area contributed by atoms with Gasteiger partial charge in [-0.2, -0.15) is 5.26 Å². The Hall–Kier alpha value is -4.28. The van der Waals surface area contributed by atoms with Crippen LogP contribution in [0.5, 0.6) is 0 Å². The molecule has 0 bridgehead atoms. The molecule has 4 N–H and O–H groups in total. The summed E-state index contributed by atoms with van der Waals surface area (Å²) in [4.78, 5) is 9.41. The van der Waals surface area contributed by atoms with Crippen LogP contribution in [0.25, 0.3) is 11.1 Å². The van der Waals surface area contributed by atoms with E-state index in [2.05, 4.69) is 51.4 Å². The zero-order chi connectivity index (χ0) is 24.2. The van der Waals surface area contributed by atoms with Crippen molar-refractivity contribution < 1.29 is 0 Å². The fraction of sp³-hybridized carbons (Fsp3) is 0.0741. The van der Waals surface area contributed by atoms with Crippen molar-refractivity contribution in [2.75, 3.05) is 11.1 Å². The van der Waals surface area contributed by atoms with E-state index < -0.39 is 0 Å². The molecule has 1 heterocycles. The van der Waals surface area contributed by atoms with Crippen LogP contribution in [0.4, 0.5) is 11.4 Å². The Morgan fingerprint density at radius 3 is 2.38 bits per heavy atom. The van der Waals surface area contributed by atoms with Crippen molar-refractivity contribution >= 4 is 30.0 Å². The van der Waals surface area contributed by atoms with Crippen LogP contribution in [0.3, 0.4) is 0 Å². The zero-order valence-electron chi connectivity index (χ0n) is 18.8. The maximum atomic E-state index is 8.81. The Kier molecular flexibility index (Phi) is 9.09. The predicted octanol–water partition coefficient (Wildman–Crippen LogP) is 5.65. The van der Waals surface area contributed by atoms with Gasteiger partial charge >= 0.3 is 0 Å². The number of aliphatic imine (C=N–C) groups is 1. The van der Waals surface area contributed by atoms with Crippen molar-refractivity contribution in [1.82, 2.24) is 10.3 Å². The summed E-state index contributed by atoms with van der Waals surface area (Å²) in [5.74, 6) is 0.392. The summed E-state index contributed by atoms with van der Waals surface area (Å²) in [5.41, 5.74) is 11.6. The fourth-order valence-electron chi connectivity index (χ4n) is 3.03. The van der Waals surface area contributed by atoms with Crippen molar-refractivity contribution in [3.8, 4) is 17.3 Å². The monoisotopic (exact) mass is 466 g/mol. The van der Waals surface area contributed by atoms with Gasteiger partial charge in [-0.05, 0) is 53.4 Å². The number of pyridine rings is 1. The molecule has 170 valence electrons. The molecule has 0 radical (unpaired) electrons. The number of nitrogens with one attached hydrogen (secondary N) is 2. The molecule has 3 aromatic carbocycles. The van der Waals surface area contributed by atoms with Crippen molar-refractivity contribution in [2.24, 2.45) is 4.99 Å². The second kappa shape index (κ2) is 12.7. The number of aryl methyl sites for hydroxylation is 1. The third-order valence-corrected chi connectivity index (χ3v) is 5.23. The molecule has 4 rings (SSSR count). The first-order chi connectivity index (χ1) is 16.6. The number of hydrogen-bond acceptors (Lipinski definition) is 5. The average Bonchev–Trinajstić information content (AvgIpc) is 2.86. The Bertz CT molecular complexity index is 1260. The van der Waals surface area contributed by atoms with Gasteiger partial charge in [-0.1, -0.05) is 60.7 Å². The molecule has 7 heteroatoms. The number of nitrogen functional groups attached to an aromatic ring is 1. The lowest BCUT2D eigenvalue weighted by molar-refractivity contribution is 1.04. The van der Waals surface area contributed by atoms with Gasteiger partial charge in [-0.3, -0.25) is 10.3 Å². The van der Waals surface area contributed by atoms with E-state index in [4.69, 9.17) is 11.0 Å². The minimum absolute atomic E-state index is 0.392. The molecule has 0 spiro atoms. The van der Waals surface area contributed by atoms with Crippen LogP contribution in [0.2, 0.25) is 0 Å². The first-order valence-corrected chi connectivity index (χ1v) is 11.1. The topological polar surface area (TPSA) is 99.1 Å². The molecule has 1 aromatic heterocycles. The summed E-state index contributed by atoms with van der Waals surface area (Å²) in [6.45, 7) is 2.38. The van der Waals surface area contributed by atoms with Crippen LogP contribution >= 0.6 is 12.6 Å². The highest BCUT2D eigenvalue weighted by Crippen LogP contribution is 2.25. The lowest BCUT2D eigenvalue weighted by atomic mass is 10.1. The number of aromatic nitrogens is 1. The van der Waals surface area contributed by atoms with Crippen molar-refractivity contribution in [3.05, 3.63) is 108 Å². The van der Waals surface area contributed by atoms with Gasteiger partial charge in [-0.25, -0.2) is 4.99 Å². The Morgan fingerprint density at radius 1 is 1.00 bits per heavy atom. The normalized spacial score (nSPS) is 10.4. The summed E-state index contributed by atoms with van der Waals surface area (Å²) in [7, 11) is 0. The van der Waals surface area contributed by atoms with Gasteiger partial charge in [0.05, 0.1) is 6.54 Å². The molecule has 0 aliphatic carbocycles. The first kappa shape index (κ1) is 24.4. The number of guanidine groups is 1. The summed E-state index contributed by atoms with van der Waals surface area (Å²) in [5, 5.41) is 14.4. The van der Waals surface area contributed by atoms with Gasteiger partial charge in [-0.15, -0.1) is 12.6 Å². The maximum absolute atomic E-state index is 8.81. The Morgan fingerprint density at radius 2 is 1.71 bits per heavy atom. The second-order valence-corrected chi connectivity index (χ2v) is 7.82. The molecule has 6 nitrogen and oxygen atoms in total. The highest BCUT2D eigenvalue weighted by molar-refractivity contribution is 7.80. The number of hydrogen-bond donors (Lipinski definition) is 4. The van der Waals surface area contributed by atoms with Gasteiger partial charge < -0.3 is 11.1 Å². The molecule has 0 fully saturated rings. The molecular formula is C27H26N6S. The second-order valence-electron chi connectivity index (χ2n) is 7.34. The number of nitrogens with zero attached hydrogens (tertiary/aromatic N) is 3. The summed E-state index contributed by atoms with van der Waals surface area (Å²) >= 11 is 4.41. The lowest BCUT2D eigenvalue weighted by Crippen LogP contribution is -2.27. The van der Waals surface area contributed by atoms with E-state index in [9.17, 15) is 0 Å². The van der Waals surface area contributed by atoms with E-state index in [0.717, 1.165) is 21.7 Å².